The molecule has 7 rings (SSSR count). The van der Waals surface area contributed by atoms with Crippen molar-refractivity contribution in [3.05, 3.63) is 56.7 Å². The molecular formula is C33H30O13. The van der Waals surface area contributed by atoms with E-state index in [0.717, 1.165) is 0 Å². The van der Waals surface area contributed by atoms with E-state index >= 15 is 0 Å². The van der Waals surface area contributed by atoms with Gasteiger partial charge in [0.05, 0.1) is 29.1 Å². The first-order valence-corrected chi connectivity index (χ1v) is 14.7. The van der Waals surface area contributed by atoms with Crippen LogP contribution in [0.15, 0.2) is 48.8 Å². The van der Waals surface area contributed by atoms with Crippen LogP contribution < -0.4 is 16.0 Å². The molecule has 0 amide bonds. The highest BCUT2D eigenvalue weighted by atomic mass is 16.8. The Kier molecular flexibility index (Phi) is 7.22. The zero-order valence-electron chi connectivity index (χ0n) is 24.7. The lowest BCUT2D eigenvalue weighted by Gasteiger charge is -2.45. The molecule has 0 spiro atoms. The summed E-state index contributed by atoms with van der Waals surface area (Å²) in [5.74, 6) is 1.31. The number of aliphatic hydroxyl groups excluding tert-OH is 4. The molecule has 2 aliphatic heterocycles. The van der Waals surface area contributed by atoms with Crippen molar-refractivity contribution in [1.29, 1.82) is 0 Å². The number of rotatable bonds is 4. The standard InChI is InChI=1S/C33H30O13/c1-5-14-9-10-17-20-18(14)30(39)45-28-19-15(26(37)22(21(20)28)31(40)43-17)7-6-8-16(19)44-33-29(27(38)25(36)13(4)42-33)46-32-24(35)11(2)23(34)12(3)41-32/h1,6-13,23-25,27,29,32-38H,2-4H3/t11?,12?,13?,23-,24-,25+,27+,29?,32-,33+/m1/s1. The lowest BCUT2D eigenvalue weighted by molar-refractivity contribution is -0.346. The fourth-order valence-electron chi connectivity index (χ4n) is 6.52. The van der Waals surface area contributed by atoms with E-state index in [-0.39, 0.29) is 54.8 Å². The summed E-state index contributed by atoms with van der Waals surface area (Å²) in [6.45, 7) is 4.73. The minimum atomic E-state index is -1.58. The minimum absolute atomic E-state index is 0.00646. The average Bonchev–Trinajstić information content (AvgIpc) is 3.03. The number of terminal acetylenes is 1. The number of hydrogen-bond donors (Lipinski definition) is 5. The van der Waals surface area contributed by atoms with Gasteiger partial charge in [-0.3, -0.25) is 0 Å². The second kappa shape index (κ2) is 10.9. The molecule has 0 saturated carbocycles. The Morgan fingerprint density at radius 3 is 2.20 bits per heavy atom. The van der Waals surface area contributed by atoms with Crippen molar-refractivity contribution >= 4 is 43.5 Å². The summed E-state index contributed by atoms with van der Waals surface area (Å²) in [5.41, 5.74) is -1.55. The fourth-order valence-corrected chi connectivity index (χ4v) is 6.52. The Bertz CT molecular complexity index is 2140. The number of fused-ring (bicyclic) bond motifs is 2. The van der Waals surface area contributed by atoms with Gasteiger partial charge >= 0.3 is 11.3 Å². The van der Waals surface area contributed by atoms with Crippen LogP contribution in [0.1, 0.15) is 26.3 Å². The maximum absolute atomic E-state index is 13.4. The SMILES string of the molecule is C#Cc1ccc2oc(=O)c3c(O)c4cccc(O[C@@H]5OC(C)[C@H](O)[C@H](O)C5O[C@H]5OC(C)[C@H](O)C(C)[C@H]5O)c4c4oc(=O)c1c2c34. The highest BCUT2D eigenvalue weighted by Crippen LogP contribution is 2.45. The van der Waals surface area contributed by atoms with E-state index in [4.69, 9.17) is 34.2 Å². The highest BCUT2D eigenvalue weighted by Gasteiger charge is 2.49. The maximum Gasteiger partial charge on any atom is 0.348 e. The Hall–Kier alpha value is -4.26. The molecule has 2 saturated heterocycles. The number of phenols is 1. The first kappa shape index (κ1) is 30.4. The van der Waals surface area contributed by atoms with Crippen molar-refractivity contribution in [1.82, 2.24) is 0 Å². The number of benzene rings is 3. The van der Waals surface area contributed by atoms with E-state index in [9.17, 15) is 35.1 Å². The summed E-state index contributed by atoms with van der Waals surface area (Å²) in [5, 5.41) is 54.5. The van der Waals surface area contributed by atoms with Gasteiger partial charge in [-0.2, -0.15) is 0 Å². The van der Waals surface area contributed by atoms with Gasteiger partial charge in [-0.15, -0.1) is 6.42 Å². The van der Waals surface area contributed by atoms with Crippen molar-refractivity contribution in [2.24, 2.45) is 5.92 Å². The minimum Gasteiger partial charge on any atom is -0.506 e. The monoisotopic (exact) mass is 634 g/mol. The van der Waals surface area contributed by atoms with E-state index in [1.807, 2.05) is 0 Å². The molecule has 4 unspecified atom stereocenters. The highest BCUT2D eigenvalue weighted by molar-refractivity contribution is 6.29. The number of aromatic hydroxyl groups is 1. The zero-order valence-corrected chi connectivity index (χ0v) is 24.7. The maximum atomic E-state index is 13.4. The summed E-state index contributed by atoms with van der Waals surface area (Å²) in [7, 11) is 0. The first-order valence-electron chi connectivity index (χ1n) is 14.7. The summed E-state index contributed by atoms with van der Waals surface area (Å²) >= 11 is 0. The smallest absolute Gasteiger partial charge is 0.348 e. The molecule has 2 aliphatic rings. The van der Waals surface area contributed by atoms with Gasteiger partial charge in [0, 0.05) is 27.6 Å². The number of hydrogen-bond acceptors (Lipinski definition) is 13. The van der Waals surface area contributed by atoms with E-state index < -0.39 is 78.2 Å². The van der Waals surface area contributed by atoms with Crippen LogP contribution in [0.3, 0.4) is 0 Å². The van der Waals surface area contributed by atoms with Gasteiger partial charge < -0.3 is 53.3 Å². The topological polar surface area (TPSA) is 198 Å². The first-order chi connectivity index (χ1) is 21.9. The van der Waals surface area contributed by atoms with Gasteiger partial charge in [0.1, 0.15) is 40.8 Å². The third-order valence-electron chi connectivity index (χ3n) is 9.11. The van der Waals surface area contributed by atoms with E-state index in [1.54, 1.807) is 13.8 Å². The normalized spacial score (nSPS) is 32.0. The molecule has 2 fully saturated rings. The molecule has 4 heterocycles. The van der Waals surface area contributed by atoms with Crippen molar-refractivity contribution in [2.45, 2.75) is 76.1 Å². The van der Waals surface area contributed by atoms with Crippen LogP contribution in [0.4, 0.5) is 0 Å². The Balaban J connectivity index is 1.41. The predicted molar refractivity (Wildman–Crippen MR) is 162 cm³/mol. The number of aliphatic hydroxyl groups is 4. The molecule has 0 radical (unpaired) electrons. The van der Waals surface area contributed by atoms with E-state index in [1.165, 1.54) is 37.3 Å². The lowest BCUT2D eigenvalue weighted by atomic mass is 9.91. The summed E-state index contributed by atoms with van der Waals surface area (Å²) in [6, 6.07) is 7.38. The molecule has 46 heavy (non-hydrogen) atoms. The van der Waals surface area contributed by atoms with Crippen molar-refractivity contribution in [3.8, 4) is 23.8 Å². The zero-order chi connectivity index (χ0) is 32.8. The molecule has 240 valence electrons. The predicted octanol–water partition coefficient (Wildman–Crippen LogP) is 1.66. The molecule has 0 bridgehead atoms. The lowest BCUT2D eigenvalue weighted by Crippen LogP contribution is -2.62. The largest absolute Gasteiger partial charge is 0.506 e. The fraction of sp³-hybridized carbons (Fsp3) is 0.394. The van der Waals surface area contributed by atoms with Gasteiger partial charge in [-0.05, 0) is 32.0 Å². The molecule has 5 aromatic rings. The summed E-state index contributed by atoms with van der Waals surface area (Å²) in [4.78, 5) is 26.5. The van der Waals surface area contributed by atoms with E-state index in [2.05, 4.69) is 5.92 Å². The number of ether oxygens (including phenoxy) is 4. The summed E-state index contributed by atoms with van der Waals surface area (Å²) in [6.07, 6.45) is -5.53. The molecule has 13 heteroatoms. The van der Waals surface area contributed by atoms with Crippen LogP contribution in [0.5, 0.6) is 11.5 Å². The van der Waals surface area contributed by atoms with Gasteiger partial charge in [-0.1, -0.05) is 25.0 Å². The van der Waals surface area contributed by atoms with Gasteiger partial charge in [-0.25, -0.2) is 9.59 Å². The molecule has 2 aromatic heterocycles. The van der Waals surface area contributed by atoms with Crippen molar-refractivity contribution in [3.63, 3.8) is 0 Å². The van der Waals surface area contributed by atoms with Gasteiger partial charge in [0.2, 0.25) is 6.29 Å². The third kappa shape index (κ3) is 4.38. The molecule has 5 N–H and O–H groups in total. The molecule has 13 nitrogen and oxygen atoms in total. The van der Waals surface area contributed by atoms with Crippen molar-refractivity contribution < 1.29 is 53.3 Å². The van der Waals surface area contributed by atoms with Crippen LogP contribution in [-0.2, 0) is 14.2 Å². The number of phenolic OH excluding ortho intramolecular Hbond substituents is 1. The summed E-state index contributed by atoms with van der Waals surface area (Å²) < 4.78 is 35.1. The van der Waals surface area contributed by atoms with Crippen LogP contribution in [0, 0.1) is 18.3 Å². The molecule has 3 aromatic carbocycles. The second-order valence-electron chi connectivity index (χ2n) is 11.9. The Morgan fingerprint density at radius 2 is 1.46 bits per heavy atom. The van der Waals surface area contributed by atoms with Crippen LogP contribution in [0.25, 0.3) is 43.5 Å². The van der Waals surface area contributed by atoms with Crippen LogP contribution in [-0.4, -0.2) is 80.8 Å². The molecule has 10 atom stereocenters. The third-order valence-corrected chi connectivity index (χ3v) is 9.11. The van der Waals surface area contributed by atoms with Gasteiger partial charge in [0.15, 0.2) is 18.0 Å². The Morgan fingerprint density at radius 1 is 0.761 bits per heavy atom. The quantitative estimate of drug-likeness (QED) is 0.0829. The average molecular weight is 635 g/mol. The van der Waals surface area contributed by atoms with E-state index in [0.29, 0.717) is 0 Å². The van der Waals surface area contributed by atoms with Crippen molar-refractivity contribution in [2.75, 3.05) is 0 Å². The Labute approximate surface area is 259 Å². The molecule has 0 aliphatic carbocycles. The van der Waals surface area contributed by atoms with Gasteiger partial charge in [0.25, 0.3) is 0 Å². The molecular weight excluding hydrogens is 604 g/mol. The van der Waals surface area contributed by atoms with Crippen LogP contribution >= 0.6 is 0 Å². The van der Waals surface area contributed by atoms with Crippen LogP contribution in [0.2, 0.25) is 0 Å². The second-order valence-corrected chi connectivity index (χ2v) is 11.9.